The van der Waals surface area contributed by atoms with E-state index in [9.17, 15) is 9.18 Å². The number of hydrogen-bond acceptors (Lipinski definition) is 7. The molecule has 9 nitrogen and oxygen atoms in total. The predicted molar refractivity (Wildman–Crippen MR) is 129 cm³/mol. The molecule has 0 atom stereocenters. The number of hydrogen-bond donors (Lipinski definition) is 3. The second kappa shape index (κ2) is 9.03. The fourth-order valence-electron chi connectivity index (χ4n) is 4.90. The Morgan fingerprint density at radius 1 is 1.22 bits per heavy atom. The number of pyridine rings is 1. The summed E-state index contributed by atoms with van der Waals surface area (Å²) in [5, 5.41) is 10.3. The monoisotopic (exact) mass is 489 g/mol. The lowest BCUT2D eigenvalue weighted by Gasteiger charge is -2.17. The standard InChI is InChI=1S/C26H24FN5O4/c1-34-25-16(27)5-3-6-18(25)31-24-22-17(9-11-29-26(22)33)30-23(24)15-8-10-28-12-21(15)35-13-19-14-4-2-7-20(14)36-32-19/h3,5-6,8,10,12,30-31H,2,4,7,9,11,13H2,1H3,(H,29,33). The maximum absolute atomic E-state index is 14.4. The van der Waals surface area contributed by atoms with Crippen molar-refractivity contribution in [1.29, 1.82) is 0 Å². The van der Waals surface area contributed by atoms with Crippen molar-refractivity contribution in [2.24, 2.45) is 0 Å². The SMILES string of the molecule is COc1c(F)cccc1Nc1c(-c2ccncc2OCc2noc3c2CCC3)[nH]c2c1C(=O)NCC2. The highest BCUT2D eigenvalue weighted by atomic mass is 19.1. The number of carbonyl (C=O) groups excluding carboxylic acids is 1. The maximum atomic E-state index is 14.4. The third-order valence-corrected chi connectivity index (χ3v) is 6.60. The number of nitrogens with one attached hydrogen (secondary N) is 3. The van der Waals surface area contributed by atoms with Crippen molar-refractivity contribution in [2.75, 3.05) is 19.0 Å². The van der Waals surface area contributed by atoms with Crippen molar-refractivity contribution in [3.8, 4) is 22.8 Å². The molecule has 0 spiro atoms. The van der Waals surface area contributed by atoms with E-state index in [1.54, 1.807) is 24.5 Å². The summed E-state index contributed by atoms with van der Waals surface area (Å²) in [6.45, 7) is 0.754. The number of amides is 1. The number of ether oxygens (including phenoxy) is 2. The van der Waals surface area contributed by atoms with Gasteiger partial charge in [0.15, 0.2) is 11.6 Å². The van der Waals surface area contributed by atoms with E-state index < -0.39 is 5.82 Å². The molecule has 0 radical (unpaired) electrons. The van der Waals surface area contributed by atoms with Crippen LogP contribution in [0.3, 0.4) is 0 Å². The largest absolute Gasteiger partial charge is 0.492 e. The lowest BCUT2D eigenvalue weighted by molar-refractivity contribution is 0.0947. The summed E-state index contributed by atoms with van der Waals surface area (Å²) in [7, 11) is 1.40. The van der Waals surface area contributed by atoms with Crippen LogP contribution >= 0.6 is 0 Å². The summed E-state index contributed by atoms with van der Waals surface area (Å²) in [4.78, 5) is 20.5. The van der Waals surface area contributed by atoms with Gasteiger partial charge in [-0.3, -0.25) is 9.78 Å². The van der Waals surface area contributed by atoms with E-state index in [0.717, 1.165) is 42.0 Å². The van der Waals surface area contributed by atoms with Crippen molar-refractivity contribution >= 4 is 17.3 Å². The number of aryl methyl sites for hydroxylation is 1. The van der Waals surface area contributed by atoms with Crippen molar-refractivity contribution in [1.82, 2.24) is 20.4 Å². The summed E-state index contributed by atoms with van der Waals surface area (Å²) in [5.41, 5.74) is 5.39. The number of nitrogens with zero attached hydrogens (tertiary/aromatic N) is 2. The normalized spacial score (nSPS) is 14.2. The molecule has 0 unspecified atom stereocenters. The lowest BCUT2D eigenvalue weighted by atomic mass is 10.0. The fourth-order valence-corrected chi connectivity index (χ4v) is 4.90. The van der Waals surface area contributed by atoms with Gasteiger partial charge in [-0.15, -0.1) is 0 Å². The van der Waals surface area contributed by atoms with E-state index in [4.69, 9.17) is 14.0 Å². The molecule has 10 heteroatoms. The molecule has 3 N–H and O–H groups in total. The first kappa shape index (κ1) is 22.1. The van der Waals surface area contributed by atoms with Gasteiger partial charge in [0.2, 0.25) is 0 Å². The summed E-state index contributed by atoms with van der Waals surface area (Å²) in [5.74, 6) is 0.775. The van der Waals surface area contributed by atoms with E-state index in [1.807, 2.05) is 6.07 Å². The number of anilines is 2. The lowest BCUT2D eigenvalue weighted by Crippen LogP contribution is -2.31. The zero-order valence-corrected chi connectivity index (χ0v) is 19.6. The van der Waals surface area contributed by atoms with Gasteiger partial charge >= 0.3 is 0 Å². The maximum Gasteiger partial charge on any atom is 0.255 e. The van der Waals surface area contributed by atoms with Crippen LogP contribution in [0.1, 0.15) is 39.5 Å². The predicted octanol–water partition coefficient (Wildman–Crippen LogP) is 4.31. The van der Waals surface area contributed by atoms with Crippen molar-refractivity contribution in [2.45, 2.75) is 32.3 Å². The van der Waals surface area contributed by atoms with Gasteiger partial charge in [-0.25, -0.2) is 4.39 Å². The molecule has 3 aromatic heterocycles. The number of methoxy groups -OCH3 is 1. The van der Waals surface area contributed by atoms with Crippen LogP contribution in [0.4, 0.5) is 15.8 Å². The molecular formula is C26H24FN5O4. The Balaban J connectivity index is 1.41. The molecule has 0 saturated carbocycles. The van der Waals surface area contributed by atoms with Crippen molar-refractivity contribution < 1.29 is 23.2 Å². The van der Waals surface area contributed by atoms with E-state index in [0.29, 0.717) is 46.9 Å². The highest BCUT2D eigenvalue weighted by Crippen LogP contribution is 2.42. The summed E-state index contributed by atoms with van der Waals surface area (Å²) < 4.78 is 31.3. The molecule has 4 aromatic rings. The molecular weight excluding hydrogens is 465 g/mol. The Morgan fingerprint density at radius 3 is 3.03 bits per heavy atom. The third kappa shape index (κ3) is 3.74. The van der Waals surface area contributed by atoms with Crippen LogP contribution < -0.4 is 20.1 Å². The quantitative estimate of drug-likeness (QED) is 0.354. The summed E-state index contributed by atoms with van der Waals surface area (Å²) in [6, 6.07) is 6.41. The Labute approximate surface area is 206 Å². The number of benzene rings is 1. The molecule has 1 amide bonds. The second-order valence-corrected chi connectivity index (χ2v) is 8.73. The average molecular weight is 490 g/mol. The molecule has 6 rings (SSSR count). The first-order valence-electron chi connectivity index (χ1n) is 11.8. The number of aromatic nitrogens is 3. The topological polar surface area (TPSA) is 114 Å². The highest BCUT2D eigenvalue weighted by Gasteiger charge is 2.29. The minimum absolute atomic E-state index is 0.0562. The Bertz CT molecular complexity index is 1460. The summed E-state index contributed by atoms with van der Waals surface area (Å²) >= 11 is 0. The Morgan fingerprint density at radius 2 is 2.14 bits per heavy atom. The van der Waals surface area contributed by atoms with E-state index in [2.05, 4.69) is 25.8 Å². The molecule has 1 aliphatic heterocycles. The van der Waals surface area contributed by atoms with Crippen LogP contribution in [-0.2, 0) is 25.9 Å². The van der Waals surface area contributed by atoms with Gasteiger partial charge in [-0.2, -0.15) is 0 Å². The molecule has 0 fully saturated rings. The molecule has 4 heterocycles. The van der Waals surface area contributed by atoms with Crippen molar-refractivity contribution in [3.63, 3.8) is 0 Å². The zero-order valence-electron chi connectivity index (χ0n) is 19.6. The number of carbonyl (C=O) groups is 1. The van der Waals surface area contributed by atoms with E-state index in [-0.39, 0.29) is 18.3 Å². The number of H-pyrrole nitrogens is 1. The van der Waals surface area contributed by atoms with E-state index in [1.165, 1.54) is 13.2 Å². The Hall–Kier alpha value is -4.34. The molecule has 1 aliphatic carbocycles. The highest BCUT2D eigenvalue weighted by molar-refractivity contribution is 6.06. The fraction of sp³-hybridized carbons (Fsp3) is 0.269. The van der Waals surface area contributed by atoms with Crippen LogP contribution in [0.15, 0.2) is 41.2 Å². The number of fused-ring (bicyclic) bond motifs is 2. The van der Waals surface area contributed by atoms with Crippen LogP contribution in [0.25, 0.3) is 11.3 Å². The van der Waals surface area contributed by atoms with Crippen LogP contribution in [0, 0.1) is 5.82 Å². The van der Waals surface area contributed by atoms with Gasteiger partial charge in [-0.05, 0) is 31.0 Å². The van der Waals surface area contributed by atoms with Crippen molar-refractivity contribution in [3.05, 3.63) is 70.8 Å². The van der Waals surface area contributed by atoms with Gasteiger partial charge in [0, 0.05) is 42.4 Å². The Kier molecular flexibility index (Phi) is 5.55. The van der Waals surface area contributed by atoms with Gasteiger partial charge in [0.25, 0.3) is 5.91 Å². The number of aromatic amines is 1. The first-order chi connectivity index (χ1) is 17.6. The smallest absolute Gasteiger partial charge is 0.255 e. The van der Waals surface area contributed by atoms with Crippen LogP contribution in [-0.4, -0.2) is 34.7 Å². The summed E-state index contributed by atoms with van der Waals surface area (Å²) in [6.07, 6.45) is 6.79. The van der Waals surface area contributed by atoms with Gasteiger partial charge in [0.1, 0.15) is 23.8 Å². The molecule has 1 aromatic carbocycles. The third-order valence-electron chi connectivity index (χ3n) is 6.60. The van der Waals surface area contributed by atoms with Crippen LogP contribution in [0.5, 0.6) is 11.5 Å². The molecule has 36 heavy (non-hydrogen) atoms. The average Bonchev–Trinajstić information content (AvgIpc) is 3.59. The molecule has 0 saturated heterocycles. The van der Waals surface area contributed by atoms with Gasteiger partial charge in [-0.1, -0.05) is 11.2 Å². The minimum atomic E-state index is -0.508. The molecule has 2 aliphatic rings. The second-order valence-electron chi connectivity index (χ2n) is 8.73. The van der Waals surface area contributed by atoms with Crippen LogP contribution in [0.2, 0.25) is 0 Å². The first-order valence-corrected chi connectivity index (χ1v) is 11.8. The molecule has 184 valence electrons. The number of para-hydroxylation sites is 1. The van der Waals surface area contributed by atoms with Gasteiger partial charge in [0.05, 0.1) is 35.9 Å². The zero-order chi connectivity index (χ0) is 24.6. The van der Waals surface area contributed by atoms with E-state index >= 15 is 0 Å². The van der Waals surface area contributed by atoms with Gasteiger partial charge < -0.3 is 29.6 Å². The number of rotatable bonds is 7. The minimum Gasteiger partial charge on any atom is -0.492 e. The molecule has 0 bridgehead atoms. The number of halogens is 1.